The molecule has 1 fully saturated rings. The normalized spacial score (nSPS) is 19.9. The van der Waals surface area contributed by atoms with Crippen LogP contribution >= 0.6 is 0 Å². The molecule has 1 N–H and O–H groups in total. The minimum Gasteiger partial charge on any atom is -0.483 e. The summed E-state index contributed by atoms with van der Waals surface area (Å²) in [7, 11) is 1.25. The number of sulfonamides is 1. The van der Waals surface area contributed by atoms with Gasteiger partial charge in [0.15, 0.2) is 0 Å². The number of likely N-dealkylation sites (N-methyl/N-ethyl adjacent to an activating group) is 1. The topological polar surface area (TPSA) is 134 Å². The molecule has 0 amide bonds. The van der Waals surface area contributed by atoms with Crippen LogP contribution < -0.4 is 5.63 Å². The number of carbonyl (C=O) groups excluding carboxylic acids is 1. The fourth-order valence-corrected chi connectivity index (χ4v) is 5.03. The van der Waals surface area contributed by atoms with E-state index in [2.05, 4.69) is 0 Å². The van der Waals surface area contributed by atoms with Crippen LogP contribution in [-0.2, 0) is 24.3 Å². The maximum Gasteiger partial charge on any atom is 0.336 e. The molecular formula is C20H26N2O8S. The van der Waals surface area contributed by atoms with Crippen LogP contribution in [0.3, 0.4) is 0 Å². The predicted octanol–water partition coefficient (Wildman–Crippen LogP) is 0.998. The number of rotatable bonds is 4. The van der Waals surface area contributed by atoms with Gasteiger partial charge in [0.05, 0.1) is 17.9 Å². The van der Waals surface area contributed by atoms with Crippen molar-refractivity contribution in [1.29, 1.82) is 0 Å². The number of nitrogens with zero attached hydrogens (tertiary/aromatic N) is 2. The summed E-state index contributed by atoms with van der Waals surface area (Å²) in [6.45, 7) is 0.103. The lowest BCUT2D eigenvalue weighted by Crippen LogP contribution is -2.43. The molecule has 10 nitrogen and oxygen atoms in total. The molecular weight excluding hydrogens is 428 g/mol. The Morgan fingerprint density at radius 1 is 1.23 bits per heavy atom. The molecule has 2 heterocycles. The van der Waals surface area contributed by atoms with Crippen molar-refractivity contribution in [1.82, 2.24) is 9.21 Å². The highest BCUT2D eigenvalue weighted by Crippen LogP contribution is 2.27. The maximum absolute atomic E-state index is 13.3. The first-order valence-corrected chi connectivity index (χ1v) is 10.9. The van der Waals surface area contributed by atoms with Crippen LogP contribution in [0.15, 0.2) is 44.4 Å². The van der Waals surface area contributed by atoms with Gasteiger partial charge in [0, 0.05) is 30.6 Å². The first-order chi connectivity index (χ1) is 14.6. The van der Waals surface area contributed by atoms with Crippen LogP contribution in [0.4, 0.5) is 0 Å². The van der Waals surface area contributed by atoms with Crippen molar-refractivity contribution in [3.8, 4) is 0 Å². The van der Waals surface area contributed by atoms with E-state index in [1.54, 1.807) is 0 Å². The van der Waals surface area contributed by atoms with E-state index in [0.29, 0.717) is 23.8 Å². The van der Waals surface area contributed by atoms with E-state index < -0.39 is 27.5 Å². The average molecular weight is 455 g/mol. The van der Waals surface area contributed by atoms with Crippen molar-refractivity contribution in [3.05, 3.63) is 40.8 Å². The van der Waals surface area contributed by atoms with Crippen molar-refractivity contribution in [3.63, 3.8) is 0 Å². The lowest BCUT2D eigenvalue weighted by molar-refractivity contribution is -0.145. The van der Waals surface area contributed by atoms with Gasteiger partial charge in [-0.05, 0) is 51.2 Å². The van der Waals surface area contributed by atoms with E-state index in [0.717, 1.165) is 0 Å². The monoisotopic (exact) mass is 454 g/mol. The molecule has 0 aliphatic carbocycles. The number of carbonyl (C=O) groups is 2. The molecule has 2 atom stereocenters. The molecule has 1 aliphatic heterocycles. The number of hydrogen-bond acceptors (Lipinski definition) is 8. The number of fused-ring (bicyclic) bond motifs is 1. The summed E-state index contributed by atoms with van der Waals surface area (Å²) >= 11 is 0. The molecule has 1 saturated heterocycles. The van der Waals surface area contributed by atoms with Crippen LogP contribution in [-0.4, -0.2) is 75.5 Å². The highest BCUT2D eigenvalue weighted by molar-refractivity contribution is 7.89. The zero-order chi connectivity index (χ0) is 23.2. The van der Waals surface area contributed by atoms with Gasteiger partial charge in [-0.2, -0.15) is 4.31 Å². The van der Waals surface area contributed by atoms with Crippen LogP contribution in [0, 0.1) is 5.92 Å². The van der Waals surface area contributed by atoms with Crippen molar-refractivity contribution in [2.24, 2.45) is 5.92 Å². The Balaban J connectivity index is 0.00000107. The summed E-state index contributed by atoms with van der Waals surface area (Å²) in [5, 5.41) is 7.41. The molecule has 1 aromatic heterocycles. The Morgan fingerprint density at radius 2 is 1.90 bits per heavy atom. The molecule has 0 saturated carbocycles. The van der Waals surface area contributed by atoms with E-state index in [1.165, 1.54) is 41.7 Å². The van der Waals surface area contributed by atoms with E-state index in [-0.39, 0.29) is 30.5 Å². The molecule has 0 spiro atoms. The average Bonchev–Trinajstić information content (AvgIpc) is 2.97. The summed E-state index contributed by atoms with van der Waals surface area (Å²) in [5.41, 5.74) is -0.175. The van der Waals surface area contributed by atoms with Crippen molar-refractivity contribution in [2.75, 3.05) is 34.3 Å². The minimum atomic E-state index is -3.85. The van der Waals surface area contributed by atoms with Crippen molar-refractivity contribution in [2.45, 2.75) is 23.8 Å². The van der Waals surface area contributed by atoms with Gasteiger partial charge in [0.2, 0.25) is 10.0 Å². The number of benzene rings is 1. The first-order valence-electron chi connectivity index (χ1n) is 9.50. The van der Waals surface area contributed by atoms with Crippen LogP contribution in [0.5, 0.6) is 0 Å². The quantitative estimate of drug-likeness (QED) is 0.408. The number of methoxy groups -OCH3 is 1. The molecule has 1 aromatic carbocycles. The Hall–Kier alpha value is -2.76. The van der Waals surface area contributed by atoms with Gasteiger partial charge < -0.3 is 19.2 Å². The van der Waals surface area contributed by atoms with Gasteiger partial charge in [-0.1, -0.05) is 0 Å². The molecule has 0 unspecified atom stereocenters. The Bertz CT molecular complexity index is 1080. The summed E-state index contributed by atoms with van der Waals surface area (Å²) in [6, 6.07) is 7.15. The van der Waals surface area contributed by atoms with Crippen LogP contribution in [0.25, 0.3) is 11.0 Å². The molecule has 170 valence electrons. The molecule has 0 radical (unpaired) electrons. The molecule has 1 aliphatic rings. The van der Waals surface area contributed by atoms with Crippen molar-refractivity contribution >= 4 is 33.4 Å². The molecule has 3 rings (SSSR count). The fraction of sp³-hybridized carbons (Fsp3) is 0.450. The largest absolute Gasteiger partial charge is 0.483 e. The zero-order valence-corrected chi connectivity index (χ0v) is 18.4. The van der Waals surface area contributed by atoms with Crippen LogP contribution in [0.1, 0.15) is 12.8 Å². The highest BCUT2D eigenvalue weighted by Gasteiger charge is 2.36. The minimum absolute atomic E-state index is 0.0112. The summed E-state index contributed by atoms with van der Waals surface area (Å²) < 4.78 is 38.0. The second-order valence-corrected chi connectivity index (χ2v) is 9.23. The zero-order valence-electron chi connectivity index (χ0n) is 17.6. The smallest absolute Gasteiger partial charge is 0.336 e. The van der Waals surface area contributed by atoms with E-state index in [4.69, 9.17) is 19.1 Å². The second kappa shape index (κ2) is 10.5. The van der Waals surface area contributed by atoms with Gasteiger partial charge in [-0.3, -0.25) is 9.59 Å². The third kappa shape index (κ3) is 5.90. The number of ether oxygens (including phenoxy) is 1. The molecule has 2 aromatic rings. The maximum atomic E-state index is 13.3. The first kappa shape index (κ1) is 24.5. The number of hydrogen-bond donors (Lipinski definition) is 1. The SMILES string of the molecule is COC(=O)[C@H]1CC[C@@H](N(C)C)CN(S(=O)(=O)c2ccc3oc(=O)ccc3c2)C1.O=CO. The van der Waals surface area contributed by atoms with Gasteiger partial charge in [-0.25, -0.2) is 13.2 Å². The standard InChI is InChI=1S/C19H24N2O6S.CH2O2/c1-20(2)15-6-4-14(19(23)26-3)11-21(12-15)28(24,25)16-7-8-17-13(10-16)5-9-18(22)27-17;2-1-3/h5,7-10,14-15H,4,6,11-12H2,1-3H3;1H,(H,2,3)/t14-,15+;/m0./s1. The predicted molar refractivity (Wildman–Crippen MR) is 112 cm³/mol. The van der Waals surface area contributed by atoms with Crippen molar-refractivity contribution < 1.29 is 32.3 Å². The van der Waals surface area contributed by atoms with E-state index >= 15 is 0 Å². The number of carboxylic acid groups (broad SMARTS) is 1. The lowest BCUT2D eigenvalue weighted by Gasteiger charge is -2.28. The Labute approximate surface area is 180 Å². The Morgan fingerprint density at radius 3 is 2.52 bits per heavy atom. The highest BCUT2D eigenvalue weighted by atomic mass is 32.2. The third-order valence-electron chi connectivity index (χ3n) is 5.18. The van der Waals surface area contributed by atoms with E-state index in [1.807, 2.05) is 19.0 Å². The second-order valence-electron chi connectivity index (χ2n) is 7.30. The molecule has 11 heteroatoms. The number of esters is 1. The third-order valence-corrected chi connectivity index (χ3v) is 7.01. The Kier molecular flexibility index (Phi) is 8.31. The van der Waals surface area contributed by atoms with Crippen LogP contribution in [0.2, 0.25) is 0 Å². The van der Waals surface area contributed by atoms with Gasteiger partial charge in [0.25, 0.3) is 6.47 Å². The molecule has 31 heavy (non-hydrogen) atoms. The summed E-state index contributed by atoms with van der Waals surface area (Å²) in [6.07, 6.45) is 1.26. The van der Waals surface area contributed by atoms with Gasteiger partial charge >= 0.3 is 11.6 Å². The lowest BCUT2D eigenvalue weighted by atomic mass is 10.0. The van der Waals surface area contributed by atoms with Gasteiger partial charge in [-0.15, -0.1) is 0 Å². The summed E-state index contributed by atoms with van der Waals surface area (Å²) in [5.74, 6) is -0.914. The van der Waals surface area contributed by atoms with Gasteiger partial charge in [0.1, 0.15) is 5.58 Å². The fourth-order valence-electron chi connectivity index (χ4n) is 3.47. The van der Waals surface area contributed by atoms with E-state index in [9.17, 15) is 18.0 Å². The molecule has 0 bridgehead atoms. The summed E-state index contributed by atoms with van der Waals surface area (Å²) in [4.78, 5) is 33.9.